The number of para-hydroxylation sites is 1. The summed E-state index contributed by atoms with van der Waals surface area (Å²) in [7, 11) is 2.04. The van der Waals surface area contributed by atoms with Gasteiger partial charge in [0, 0.05) is 18.1 Å². The van der Waals surface area contributed by atoms with Crippen molar-refractivity contribution in [2.45, 2.75) is 18.8 Å². The minimum atomic E-state index is 0.633. The van der Waals surface area contributed by atoms with E-state index in [2.05, 4.69) is 45.4 Å². The van der Waals surface area contributed by atoms with Gasteiger partial charge in [-0.3, -0.25) is 4.40 Å². The van der Waals surface area contributed by atoms with E-state index in [4.69, 9.17) is 4.98 Å². The van der Waals surface area contributed by atoms with Gasteiger partial charge in [-0.2, -0.15) is 4.98 Å². The number of aromatic nitrogens is 4. The topological polar surface area (TPSA) is 46.3 Å². The number of hydrogen-bond donors (Lipinski definition) is 0. The van der Waals surface area contributed by atoms with E-state index in [0.717, 1.165) is 22.4 Å². The van der Waals surface area contributed by atoms with Crippen molar-refractivity contribution in [3.8, 4) is 0 Å². The molecule has 5 rings (SSSR count). The van der Waals surface area contributed by atoms with E-state index in [9.17, 15) is 0 Å². The highest BCUT2D eigenvalue weighted by Gasteiger charge is 2.24. The minimum absolute atomic E-state index is 0.633. The quantitative estimate of drug-likeness (QED) is 0.575. The Kier molecular flexibility index (Phi) is 2.82. The third-order valence-corrected chi connectivity index (χ3v) is 4.77. The Hall–Kier alpha value is -2.95. The SMILES string of the molecule is CN(c1ccccc1)c1nc2nncn2c2cc(C3CC3)ccc12. The fourth-order valence-electron chi connectivity index (χ4n) is 3.27. The molecule has 0 bridgehead atoms. The molecule has 0 unspecified atom stereocenters. The second-order valence-corrected chi connectivity index (χ2v) is 6.38. The number of nitrogens with zero attached hydrogens (tertiary/aromatic N) is 5. The van der Waals surface area contributed by atoms with Gasteiger partial charge in [0.25, 0.3) is 5.78 Å². The molecule has 0 atom stereocenters. The van der Waals surface area contributed by atoms with Crippen molar-refractivity contribution < 1.29 is 0 Å². The predicted molar refractivity (Wildman–Crippen MR) is 94.8 cm³/mol. The highest BCUT2D eigenvalue weighted by molar-refractivity contribution is 5.93. The molecule has 0 saturated heterocycles. The Morgan fingerprint density at radius 1 is 1.08 bits per heavy atom. The Bertz CT molecular complexity index is 1030. The molecule has 2 heterocycles. The maximum absolute atomic E-state index is 4.75. The normalized spacial score (nSPS) is 14.4. The van der Waals surface area contributed by atoms with E-state index in [1.54, 1.807) is 6.33 Å². The van der Waals surface area contributed by atoms with Gasteiger partial charge in [0.1, 0.15) is 12.1 Å². The summed E-state index contributed by atoms with van der Waals surface area (Å²) in [4.78, 5) is 6.85. The average molecular weight is 315 g/mol. The average Bonchev–Trinajstić information content (AvgIpc) is 3.38. The van der Waals surface area contributed by atoms with Crippen LogP contribution in [0.15, 0.2) is 54.9 Å². The summed E-state index contributed by atoms with van der Waals surface area (Å²) in [5, 5.41) is 9.33. The van der Waals surface area contributed by atoms with Gasteiger partial charge in [-0.05, 0) is 48.6 Å². The van der Waals surface area contributed by atoms with Gasteiger partial charge in [0.15, 0.2) is 0 Å². The molecule has 2 aromatic heterocycles. The van der Waals surface area contributed by atoms with E-state index in [-0.39, 0.29) is 0 Å². The fourth-order valence-corrected chi connectivity index (χ4v) is 3.27. The van der Waals surface area contributed by atoms with Crippen LogP contribution in [-0.4, -0.2) is 26.6 Å². The van der Waals surface area contributed by atoms with Crippen molar-refractivity contribution in [3.63, 3.8) is 0 Å². The Morgan fingerprint density at radius 3 is 2.71 bits per heavy atom. The second-order valence-electron chi connectivity index (χ2n) is 6.38. The van der Waals surface area contributed by atoms with E-state index in [1.807, 2.05) is 29.6 Å². The minimum Gasteiger partial charge on any atom is -0.329 e. The lowest BCUT2D eigenvalue weighted by Crippen LogP contribution is -2.13. The first-order valence-corrected chi connectivity index (χ1v) is 8.23. The molecular weight excluding hydrogens is 298 g/mol. The Morgan fingerprint density at radius 2 is 1.92 bits per heavy atom. The molecule has 1 aliphatic carbocycles. The van der Waals surface area contributed by atoms with Gasteiger partial charge in [-0.15, -0.1) is 10.2 Å². The first-order valence-electron chi connectivity index (χ1n) is 8.23. The lowest BCUT2D eigenvalue weighted by molar-refractivity contribution is 1.08. The van der Waals surface area contributed by atoms with Crippen LogP contribution in [-0.2, 0) is 0 Å². The van der Waals surface area contributed by atoms with Crippen molar-refractivity contribution in [2.24, 2.45) is 0 Å². The summed E-state index contributed by atoms with van der Waals surface area (Å²) in [5.74, 6) is 2.25. The molecular formula is C19H17N5. The van der Waals surface area contributed by atoms with E-state index in [0.29, 0.717) is 11.7 Å². The van der Waals surface area contributed by atoms with Gasteiger partial charge in [0.2, 0.25) is 0 Å². The van der Waals surface area contributed by atoms with Crippen LogP contribution in [0.1, 0.15) is 24.3 Å². The first-order chi connectivity index (χ1) is 11.8. The third kappa shape index (κ3) is 2.05. The van der Waals surface area contributed by atoms with Crippen LogP contribution in [0, 0.1) is 0 Å². The summed E-state index contributed by atoms with van der Waals surface area (Å²) in [6.45, 7) is 0. The smallest absolute Gasteiger partial charge is 0.257 e. The van der Waals surface area contributed by atoms with Gasteiger partial charge in [-0.25, -0.2) is 0 Å². The number of benzene rings is 2. The highest BCUT2D eigenvalue weighted by atomic mass is 15.3. The molecule has 0 spiro atoms. The van der Waals surface area contributed by atoms with E-state index >= 15 is 0 Å². The zero-order valence-electron chi connectivity index (χ0n) is 13.4. The van der Waals surface area contributed by atoms with Crippen LogP contribution in [0.2, 0.25) is 0 Å². The number of rotatable bonds is 3. The molecule has 0 radical (unpaired) electrons. The summed E-state index contributed by atoms with van der Waals surface area (Å²) in [5.41, 5.74) is 3.62. The number of hydrogen-bond acceptors (Lipinski definition) is 4. The molecule has 5 nitrogen and oxygen atoms in total. The van der Waals surface area contributed by atoms with Crippen molar-refractivity contribution in [2.75, 3.05) is 11.9 Å². The highest BCUT2D eigenvalue weighted by Crippen LogP contribution is 2.41. The molecule has 0 amide bonds. The standard InChI is InChI=1S/C19H17N5/c1-23(15-5-3-2-4-6-15)18-16-10-9-14(13-7-8-13)11-17(16)24-12-20-22-19(24)21-18/h2-6,9-13H,7-8H2,1H3. The molecule has 118 valence electrons. The van der Waals surface area contributed by atoms with E-state index in [1.165, 1.54) is 18.4 Å². The van der Waals surface area contributed by atoms with Crippen molar-refractivity contribution >= 4 is 28.2 Å². The largest absolute Gasteiger partial charge is 0.329 e. The summed E-state index contributed by atoms with van der Waals surface area (Å²) in [6, 6.07) is 17.0. The van der Waals surface area contributed by atoms with Gasteiger partial charge in [-0.1, -0.05) is 24.3 Å². The molecule has 0 aliphatic heterocycles. The van der Waals surface area contributed by atoms with Crippen molar-refractivity contribution in [1.82, 2.24) is 19.6 Å². The van der Waals surface area contributed by atoms with Gasteiger partial charge < -0.3 is 4.90 Å². The molecule has 4 aromatic rings. The van der Waals surface area contributed by atoms with Crippen molar-refractivity contribution in [3.05, 3.63) is 60.4 Å². The molecule has 24 heavy (non-hydrogen) atoms. The molecule has 1 saturated carbocycles. The molecule has 0 N–H and O–H groups in total. The zero-order chi connectivity index (χ0) is 16.1. The van der Waals surface area contributed by atoms with Crippen LogP contribution in [0.25, 0.3) is 16.7 Å². The van der Waals surface area contributed by atoms with Crippen LogP contribution < -0.4 is 4.90 Å². The van der Waals surface area contributed by atoms with Crippen LogP contribution in [0.3, 0.4) is 0 Å². The van der Waals surface area contributed by atoms with Gasteiger partial charge >= 0.3 is 0 Å². The summed E-state index contributed by atoms with van der Waals surface area (Å²) >= 11 is 0. The van der Waals surface area contributed by atoms with Crippen molar-refractivity contribution in [1.29, 1.82) is 0 Å². The molecule has 5 heteroatoms. The van der Waals surface area contributed by atoms with E-state index < -0.39 is 0 Å². The Balaban J connectivity index is 1.77. The fraction of sp³-hybridized carbons (Fsp3) is 0.211. The third-order valence-electron chi connectivity index (χ3n) is 4.77. The Labute approximate surface area is 139 Å². The van der Waals surface area contributed by atoms with Crippen LogP contribution in [0.4, 0.5) is 11.5 Å². The van der Waals surface area contributed by atoms with Gasteiger partial charge in [0.05, 0.1) is 5.52 Å². The maximum Gasteiger partial charge on any atom is 0.257 e. The maximum atomic E-state index is 4.75. The molecule has 1 fully saturated rings. The zero-order valence-corrected chi connectivity index (χ0v) is 13.4. The van der Waals surface area contributed by atoms with Crippen LogP contribution >= 0.6 is 0 Å². The van der Waals surface area contributed by atoms with Crippen LogP contribution in [0.5, 0.6) is 0 Å². The lowest BCUT2D eigenvalue weighted by Gasteiger charge is -2.20. The molecule has 2 aromatic carbocycles. The molecule has 1 aliphatic rings. The number of fused-ring (bicyclic) bond motifs is 3. The lowest BCUT2D eigenvalue weighted by atomic mass is 10.1. The number of anilines is 2. The summed E-state index contributed by atoms with van der Waals surface area (Å²) < 4.78 is 1.98. The first kappa shape index (κ1) is 13.5. The summed E-state index contributed by atoms with van der Waals surface area (Å²) in [6.07, 6.45) is 4.32. The monoisotopic (exact) mass is 315 g/mol. The predicted octanol–water partition coefficient (Wildman–Crippen LogP) is 3.92. The second kappa shape index (κ2) is 5.03.